The first kappa shape index (κ1) is 8.68. The van der Waals surface area contributed by atoms with Gasteiger partial charge in [0.1, 0.15) is 10.7 Å². The van der Waals surface area contributed by atoms with Crippen LogP contribution in [0.1, 0.15) is 5.69 Å². The van der Waals surface area contributed by atoms with Crippen molar-refractivity contribution in [1.82, 2.24) is 9.38 Å². The van der Waals surface area contributed by atoms with Gasteiger partial charge in [-0.15, -0.1) is 11.3 Å². The maximum atomic E-state index is 4.59. The van der Waals surface area contributed by atoms with E-state index in [1.54, 1.807) is 11.3 Å². The molecule has 0 saturated heterocycles. The Morgan fingerprint density at radius 2 is 2.00 bits per heavy atom. The lowest BCUT2D eigenvalue weighted by Crippen LogP contribution is -1.84. The summed E-state index contributed by atoms with van der Waals surface area (Å²) in [5.41, 5.74) is 2.27. The summed E-state index contributed by atoms with van der Waals surface area (Å²) in [6, 6.07) is 10.3. The third-order valence-corrected chi connectivity index (χ3v) is 3.42. The minimum absolute atomic E-state index is 1.03. The van der Waals surface area contributed by atoms with Crippen molar-refractivity contribution in [2.75, 3.05) is 0 Å². The molecule has 15 heavy (non-hydrogen) atoms. The fraction of sp³-hybridized carbons (Fsp3) is 0.0833. The van der Waals surface area contributed by atoms with Gasteiger partial charge in [0.15, 0.2) is 0 Å². The molecule has 1 aromatic carbocycles. The molecule has 0 aliphatic carbocycles. The number of benzene rings is 1. The van der Waals surface area contributed by atoms with Gasteiger partial charge in [-0.3, -0.25) is 4.40 Å². The number of hydrogen-bond acceptors (Lipinski definition) is 2. The topological polar surface area (TPSA) is 17.3 Å². The van der Waals surface area contributed by atoms with Crippen molar-refractivity contribution in [3.63, 3.8) is 0 Å². The van der Waals surface area contributed by atoms with Gasteiger partial charge in [0.2, 0.25) is 0 Å². The number of aryl methyl sites for hydroxylation is 1. The van der Waals surface area contributed by atoms with Crippen LogP contribution < -0.4 is 0 Å². The number of hydrogen-bond donors (Lipinski definition) is 0. The lowest BCUT2D eigenvalue weighted by molar-refractivity contribution is 1.18. The average Bonchev–Trinajstić information content (AvgIpc) is 2.84. The van der Waals surface area contributed by atoms with Crippen LogP contribution in [0, 0.1) is 6.92 Å². The minimum atomic E-state index is 1.03. The molecular weight excluding hydrogens is 204 g/mol. The van der Waals surface area contributed by atoms with Crippen LogP contribution in [0.2, 0.25) is 0 Å². The fourth-order valence-electron chi connectivity index (χ4n) is 1.76. The van der Waals surface area contributed by atoms with E-state index < -0.39 is 0 Å². The number of rotatable bonds is 1. The SMILES string of the molecule is Cc1nc(-c2ccccc2)n2ccsc12. The minimum Gasteiger partial charge on any atom is -0.290 e. The molecule has 3 aromatic rings. The Labute approximate surface area is 91.8 Å². The van der Waals surface area contributed by atoms with E-state index in [1.807, 2.05) is 18.2 Å². The summed E-state index contributed by atoms with van der Waals surface area (Å²) < 4.78 is 2.15. The molecule has 2 aromatic heterocycles. The van der Waals surface area contributed by atoms with Gasteiger partial charge in [-0.25, -0.2) is 4.98 Å². The van der Waals surface area contributed by atoms with Gasteiger partial charge in [0.05, 0.1) is 5.69 Å². The summed E-state index contributed by atoms with van der Waals surface area (Å²) in [7, 11) is 0. The van der Waals surface area contributed by atoms with Gasteiger partial charge in [-0.1, -0.05) is 30.3 Å². The first-order chi connectivity index (χ1) is 7.36. The Balaban J connectivity index is 2.32. The zero-order valence-corrected chi connectivity index (χ0v) is 9.16. The quantitative estimate of drug-likeness (QED) is 0.607. The van der Waals surface area contributed by atoms with E-state index in [9.17, 15) is 0 Å². The molecule has 0 N–H and O–H groups in total. The number of imidazole rings is 1. The summed E-state index contributed by atoms with van der Waals surface area (Å²) in [6.07, 6.45) is 2.07. The molecule has 0 bridgehead atoms. The van der Waals surface area contributed by atoms with E-state index in [2.05, 4.69) is 40.0 Å². The van der Waals surface area contributed by atoms with E-state index in [1.165, 1.54) is 10.4 Å². The summed E-state index contributed by atoms with van der Waals surface area (Å²) in [5.74, 6) is 1.03. The maximum absolute atomic E-state index is 4.59. The van der Waals surface area contributed by atoms with Gasteiger partial charge < -0.3 is 0 Å². The van der Waals surface area contributed by atoms with Gasteiger partial charge in [0.25, 0.3) is 0 Å². The van der Waals surface area contributed by atoms with Crippen molar-refractivity contribution in [3.8, 4) is 11.4 Å². The molecule has 0 amide bonds. The van der Waals surface area contributed by atoms with Crippen LogP contribution in [0.15, 0.2) is 41.9 Å². The highest BCUT2D eigenvalue weighted by Crippen LogP contribution is 2.25. The van der Waals surface area contributed by atoms with Crippen LogP contribution >= 0.6 is 11.3 Å². The van der Waals surface area contributed by atoms with Crippen LogP contribution in [0.4, 0.5) is 0 Å². The molecule has 0 unspecified atom stereocenters. The van der Waals surface area contributed by atoms with Crippen molar-refractivity contribution in [2.45, 2.75) is 6.92 Å². The van der Waals surface area contributed by atoms with Crippen LogP contribution in [-0.2, 0) is 0 Å². The lowest BCUT2D eigenvalue weighted by atomic mass is 10.2. The number of thiazole rings is 1. The first-order valence-electron chi connectivity index (χ1n) is 4.84. The molecule has 0 atom stereocenters. The highest BCUT2D eigenvalue weighted by molar-refractivity contribution is 7.15. The van der Waals surface area contributed by atoms with Crippen molar-refractivity contribution in [3.05, 3.63) is 47.6 Å². The fourth-order valence-corrected chi connectivity index (χ4v) is 2.55. The molecule has 2 heterocycles. The Bertz CT molecular complexity index is 592. The molecule has 0 radical (unpaired) electrons. The zero-order valence-electron chi connectivity index (χ0n) is 8.34. The largest absolute Gasteiger partial charge is 0.290 e. The van der Waals surface area contributed by atoms with Crippen LogP contribution in [0.5, 0.6) is 0 Å². The lowest BCUT2D eigenvalue weighted by Gasteiger charge is -1.96. The molecule has 74 valence electrons. The van der Waals surface area contributed by atoms with E-state index >= 15 is 0 Å². The molecule has 3 heteroatoms. The molecule has 0 aliphatic heterocycles. The molecule has 3 rings (SSSR count). The van der Waals surface area contributed by atoms with Crippen molar-refractivity contribution in [1.29, 1.82) is 0 Å². The molecule has 0 aliphatic rings. The first-order valence-corrected chi connectivity index (χ1v) is 5.72. The van der Waals surface area contributed by atoms with Crippen LogP contribution in [-0.4, -0.2) is 9.38 Å². The van der Waals surface area contributed by atoms with Crippen molar-refractivity contribution >= 4 is 16.2 Å². The average molecular weight is 214 g/mol. The highest BCUT2D eigenvalue weighted by Gasteiger charge is 2.09. The molecular formula is C12H10N2S. The number of nitrogens with zero attached hydrogens (tertiary/aromatic N) is 2. The van der Waals surface area contributed by atoms with E-state index in [0.717, 1.165) is 11.5 Å². The molecule has 0 saturated carbocycles. The van der Waals surface area contributed by atoms with Gasteiger partial charge in [0, 0.05) is 17.1 Å². The second kappa shape index (κ2) is 3.21. The number of fused-ring (bicyclic) bond motifs is 1. The maximum Gasteiger partial charge on any atom is 0.145 e. The van der Waals surface area contributed by atoms with Gasteiger partial charge >= 0.3 is 0 Å². The smallest absolute Gasteiger partial charge is 0.145 e. The third kappa shape index (κ3) is 1.27. The summed E-state index contributed by atoms with van der Waals surface area (Å²) in [6.45, 7) is 2.05. The highest BCUT2D eigenvalue weighted by atomic mass is 32.1. The summed E-state index contributed by atoms with van der Waals surface area (Å²) >= 11 is 1.73. The normalized spacial score (nSPS) is 11.0. The van der Waals surface area contributed by atoms with E-state index in [-0.39, 0.29) is 0 Å². The third-order valence-electron chi connectivity index (χ3n) is 2.45. The Morgan fingerprint density at radius 1 is 1.20 bits per heavy atom. The summed E-state index contributed by atoms with van der Waals surface area (Å²) in [4.78, 5) is 5.82. The molecule has 2 nitrogen and oxygen atoms in total. The van der Waals surface area contributed by atoms with E-state index in [0.29, 0.717) is 0 Å². The van der Waals surface area contributed by atoms with Crippen LogP contribution in [0.3, 0.4) is 0 Å². The van der Waals surface area contributed by atoms with Crippen molar-refractivity contribution in [2.24, 2.45) is 0 Å². The Kier molecular flexibility index (Phi) is 1.86. The Morgan fingerprint density at radius 3 is 2.80 bits per heavy atom. The Hall–Kier alpha value is -1.61. The second-order valence-electron chi connectivity index (χ2n) is 3.47. The molecule has 0 spiro atoms. The number of aromatic nitrogens is 2. The zero-order chi connectivity index (χ0) is 10.3. The van der Waals surface area contributed by atoms with E-state index in [4.69, 9.17) is 0 Å². The van der Waals surface area contributed by atoms with Gasteiger partial charge in [-0.2, -0.15) is 0 Å². The standard InChI is InChI=1S/C12H10N2S/c1-9-12-14(7-8-15-12)11(13-9)10-5-3-2-4-6-10/h2-8H,1H3. The van der Waals surface area contributed by atoms with Crippen molar-refractivity contribution < 1.29 is 0 Å². The predicted octanol–water partition coefficient (Wildman–Crippen LogP) is 3.37. The van der Waals surface area contributed by atoms with Gasteiger partial charge in [-0.05, 0) is 6.92 Å². The molecule has 0 fully saturated rings. The second-order valence-corrected chi connectivity index (χ2v) is 4.36. The summed E-state index contributed by atoms with van der Waals surface area (Å²) in [5, 5.41) is 2.09. The monoisotopic (exact) mass is 214 g/mol. The predicted molar refractivity (Wildman–Crippen MR) is 63.2 cm³/mol. The van der Waals surface area contributed by atoms with Crippen LogP contribution in [0.25, 0.3) is 16.2 Å².